The van der Waals surface area contributed by atoms with Crippen LogP contribution in [-0.4, -0.2) is 38.8 Å². The Bertz CT molecular complexity index is 450. The molecule has 1 fully saturated rings. The molecule has 4 nitrogen and oxygen atoms in total. The van der Waals surface area contributed by atoms with Gasteiger partial charge >= 0.3 is 7.12 Å². The van der Waals surface area contributed by atoms with Crippen molar-refractivity contribution in [3.63, 3.8) is 0 Å². The molecule has 1 aromatic carbocycles. The number of benzene rings is 1. The smallest absolute Gasteiger partial charge is 0.399 e. The number of methoxy groups -OCH3 is 2. The topological polar surface area (TPSA) is 36.9 Å². The number of hydrogen-bond donors (Lipinski definition) is 0. The van der Waals surface area contributed by atoms with E-state index in [0.29, 0.717) is 0 Å². The largest absolute Gasteiger partial charge is 0.494 e. The SMILES string of the molecule is COC(Cc1ccc(B2OC(C)(C)C(C)(C)O2)cc1)OC. The van der Waals surface area contributed by atoms with E-state index in [1.54, 1.807) is 14.2 Å². The van der Waals surface area contributed by atoms with Gasteiger partial charge in [-0.3, -0.25) is 0 Å². The third-order valence-electron chi connectivity index (χ3n) is 4.43. The Morgan fingerprint density at radius 1 is 0.952 bits per heavy atom. The van der Waals surface area contributed by atoms with E-state index in [9.17, 15) is 0 Å². The highest BCUT2D eigenvalue weighted by atomic mass is 16.7. The minimum Gasteiger partial charge on any atom is -0.399 e. The average molecular weight is 292 g/mol. The van der Waals surface area contributed by atoms with Gasteiger partial charge in [0.1, 0.15) is 0 Å². The molecular weight excluding hydrogens is 267 g/mol. The van der Waals surface area contributed by atoms with Crippen molar-refractivity contribution in [3.05, 3.63) is 29.8 Å². The molecule has 21 heavy (non-hydrogen) atoms. The molecule has 0 aliphatic carbocycles. The van der Waals surface area contributed by atoms with Crippen molar-refractivity contribution in [2.24, 2.45) is 0 Å². The van der Waals surface area contributed by atoms with Crippen LogP contribution in [0.1, 0.15) is 33.3 Å². The summed E-state index contributed by atoms with van der Waals surface area (Å²) in [5.74, 6) is 0. The molecule has 0 amide bonds. The van der Waals surface area contributed by atoms with E-state index in [1.807, 2.05) is 12.1 Å². The van der Waals surface area contributed by atoms with Gasteiger partial charge in [-0.2, -0.15) is 0 Å². The summed E-state index contributed by atoms with van der Waals surface area (Å²) >= 11 is 0. The standard InChI is InChI=1S/C16H25BO4/c1-15(2)16(3,4)21-17(20-15)13-9-7-12(8-10-13)11-14(18-5)19-6/h7-10,14H,11H2,1-6H3. The van der Waals surface area contributed by atoms with Crippen LogP contribution in [0.5, 0.6) is 0 Å². The Morgan fingerprint density at radius 2 is 1.43 bits per heavy atom. The molecule has 0 aromatic heterocycles. The van der Waals surface area contributed by atoms with Crippen LogP contribution >= 0.6 is 0 Å². The molecule has 1 heterocycles. The summed E-state index contributed by atoms with van der Waals surface area (Å²) in [6.45, 7) is 8.23. The zero-order valence-electron chi connectivity index (χ0n) is 13.8. The first kappa shape index (κ1) is 16.5. The Morgan fingerprint density at radius 3 is 1.86 bits per heavy atom. The van der Waals surface area contributed by atoms with Crippen molar-refractivity contribution in [1.82, 2.24) is 0 Å². The van der Waals surface area contributed by atoms with Gasteiger partial charge in [-0.1, -0.05) is 24.3 Å². The van der Waals surface area contributed by atoms with Gasteiger partial charge in [0, 0.05) is 20.6 Å². The first-order valence-electron chi connectivity index (χ1n) is 7.29. The molecule has 0 N–H and O–H groups in total. The lowest BCUT2D eigenvalue weighted by Gasteiger charge is -2.32. The fourth-order valence-corrected chi connectivity index (χ4v) is 2.25. The summed E-state index contributed by atoms with van der Waals surface area (Å²) in [5, 5.41) is 0. The maximum absolute atomic E-state index is 6.04. The zero-order chi connectivity index (χ0) is 15.7. The van der Waals surface area contributed by atoms with Crippen LogP contribution in [0.3, 0.4) is 0 Å². The molecule has 0 bridgehead atoms. The predicted octanol–water partition coefficient (Wildman–Crippen LogP) is 2.15. The Labute approximate surface area is 127 Å². The fraction of sp³-hybridized carbons (Fsp3) is 0.625. The zero-order valence-corrected chi connectivity index (χ0v) is 13.8. The highest BCUT2D eigenvalue weighted by molar-refractivity contribution is 6.62. The van der Waals surface area contributed by atoms with E-state index >= 15 is 0 Å². The Balaban J connectivity index is 2.07. The summed E-state index contributed by atoms with van der Waals surface area (Å²) in [7, 11) is 2.98. The summed E-state index contributed by atoms with van der Waals surface area (Å²) in [6.07, 6.45) is 0.504. The normalized spacial score (nSPS) is 20.2. The second-order valence-corrected chi connectivity index (χ2v) is 6.43. The van der Waals surface area contributed by atoms with Gasteiger partial charge in [-0.05, 0) is 38.7 Å². The molecule has 0 atom stereocenters. The molecule has 0 unspecified atom stereocenters. The molecule has 1 aliphatic rings. The molecular formula is C16H25BO4. The number of hydrogen-bond acceptors (Lipinski definition) is 4. The van der Waals surface area contributed by atoms with E-state index in [4.69, 9.17) is 18.8 Å². The van der Waals surface area contributed by atoms with Crippen molar-refractivity contribution in [3.8, 4) is 0 Å². The van der Waals surface area contributed by atoms with Crippen LogP contribution in [0.4, 0.5) is 0 Å². The van der Waals surface area contributed by atoms with Gasteiger partial charge in [0.05, 0.1) is 11.2 Å². The molecule has 2 rings (SSSR count). The lowest BCUT2D eigenvalue weighted by Crippen LogP contribution is -2.41. The third kappa shape index (κ3) is 3.48. The fourth-order valence-electron chi connectivity index (χ4n) is 2.25. The second-order valence-electron chi connectivity index (χ2n) is 6.43. The number of rotatable bonds is 5. The average Bonchev–Trinajstić information content (AvgIpc) is 2.65. The molecule has 1 aliphatic heterocycles. The Kier molecular flexibility index (Phi) is 4.78. The van der Waals surface area contributed by atoms with Gasteiger partial charge in [0.2, 0.25) is 0 Å². The highest BCUT2D eigenvalue weighted by Gasteiger charge is 2.51. The van der Waals surface area contributed by atoms with Gasteiger partial charge in [0.25, 0.3) is 0 Å². The molecule has 116 valence electrons. The minimum atomic E-state index is -0.315. The van der Waals surface area contributed by atoms with Gasteiger partial charge in [0.15, 0.2) is 6.29 Å². The first-order valence-corrected chi connectivity index (χ1v) is 7.29. The highest BCUT2D eigenvalue weighted by Crippen LogP contribution is 2.36. The monoisotopic (exact) mass is 292 g/mol. The quantitative estimate of drug-likeness (QED) is 0.615. The van der Waals surface area contributed by atoms with Crippen molar-refractivity contribution in [2.45, 2.75) is 51.6 Å². The predicted molar refractivity (Wildman–Crippen MR) is 83.7 cm³/mol. The molecule has 0 radical (unpaired) electrons. The maximum atomic E-state index is 6.04. The van der Waals surface area contributed by atoms with Crippen LogP contribution < -0.4 is 5.46 Å². The van der Waals surface area contributed by atoms with E-state index in [2.05, 4.69) is 39.8 Å². The van der Waals surface area contributed by atoms with Crippen LogP contribution in [0, 0.1) is 0 Å². The molecule has 5 heteroatoms. The van der Waals surface area contributed by atoms with Crippen molar-refractivity contribution in [2.75, 3.05) is 14.2 Å². The first-order chi connectivity index (χ1) is 9.79. The third-order valence-corrected chi connectivity index (χ3v) is 4.43. The summed E-state index contributed by atoms with van der Waals surface area (Å²) in [5.41, 5.74) is 1.56. The van der Waals surface area contributed by atoms with Crippen molar-refractivity contribution >= 4 is 12.6 Å². The lowest BCUT2D eigenvalue weighted by molar-refractivity contribution is -0.100. The van der Waals surface area contributed by atoms with E-state index in [0.717, 1.165) is 17.4 Å². The van der Waals surface area contributed by atoms with Crippen molar-refractivity contribution < 1.29 is 18.8 Å². The van der Waals surface area contributed by atoms with Gasteiger partial charge < -0.3 is 18.8 Å². The van der Waals surface area contributed by atoms with Crippen LogP contribution in [0.25, 0.3) is 0 Å². The van der Waals surface area contributed by atoms with Crippen molar-refractivity contribution in [1.29, 1.82) is 0 Å². The van der Waals surface area contributed by atoms with Crippen LogP contribution in [-0.2, 0) is 25.2 Å². The van der Waals surface area contributed by atoms with E-state index < -0.39 is 0 Å². The molecule has 1 saturated heterocycles. The summed E-state index contributed by atoms with van der Waals surface area (Å²) in [6, 6.07) is 8.20. The van der Waals surface area contributed by atoms with Crippen LogP contribution in [0.2, 0.25) is 0 Å². The lowest BCUT2D eigenvalue weighted by atomic mass is 9.79. The van der Waals surface area contributed by atoms with Gasteiger partial charge in [-0.25, -0.2) is 0 Å². The van der Waals surface area contributed by atoms with Crippen LogP contribution in [0.15, 0.2) is 24.3 Å². The van der Waals surface area contributed by atoms with Gasteiger partial charge in [-0.15, -0.1) is 0 Å². The van der Waals surface area contributed by atoms with E-state index in [1.165, 1.54) is 0 Å². The minimum absolute atomic E-state index is 0.215. The maximum Gasteiger partial charge on any atom is 0.494 e. The molecule has 0 saturated carbocycles. The summed E-state index contributed by atoms with van der Waals surface area (Å²) < 4.78 is 22.5. The van der Waals surface area contributed by atoms with E-state index in [-0.39, 0.29) is 24.6 Å². The second kappa shape index (κ2) is 6.09. The molecule has 1 aromatic rings. The Hall–Kier alpha value is -0.875. The molecule has 0 spiro atoms. The summed E-state index contributed by atoms with van der Waals surface area (Å²) in [4.78, 5) is 0. The number of ether oxygens (including phenoxy) is 2.